The second kappa shape index (κ2) is 6.69. The molecule has 2 aromatic carbocycles. The second-order valence-corrected chi connectivity index (χ2v) is 6.57. The average molecular weight is 334 g/mol. The number of benzene rings is 2. The normalized spacial score (nSPS) is 15.6. The highest BCUT2D eigenvalue weighted by molar-refractivity contribution is 5.76. The molecule has 1 aliphatic rings. The number of anilines is 1. The van der Waals surface area contributed by atoms with Crippen molar-refractivity contribution in [3.8, 4) is 0 Å². The predicted molar refractivity (Wildman–Crippen MR) is 101 cm³/mol. The number of aryl methyl sites for hydroxylation is 1. The van der Waals surface area contributed by atoms with Crippen molar-refractivity contribution in [1.82, 2.24) is 14.5 Å². The first kappa shape index (κ1) is 15.8. The third kappa shape index (κ3) is 3.15. The fourth-order valence-electron chi connectivity index (χ4n) is 3.47. The van der Waals surface area contributed by atoms with Crippen molar-refractivity contribution in [2.75, 3.05) is 31.1 Å². The first-order valence-electron chi connectivity index (χ1n) is 8.69. The van der Waals surface area contributed by atoms with Crippen LogP contribution < -0.4 is 10.5 Å². The first-order chi connectivity index (χ1) is 12.2. The molecular weight excluding hydrogens is 312 g/mol. The third-order valence-corrected chi connectivity index (χ3v) is 4.91. The molecule has 1 aromatic heterocycles. The van der Waals surface area contributed by atoms with Crippen LogP contribution in [0.25, 0.3) is 10.9 Å². The third-order valence-electron chi connectivity index (χ3n) is 4.91. The minimum Gasteiger partial charge on any atom is -0.369 e. The maximum Gasteiger partial charge on any atom is 0.262 e. The van der Waals surface area contributed by atoms with Gasteiger partial charge < -0.3 is 4.90 Å². The molecule has 0 saturated carbocycles. The smallest absolute Gasteiger partial charge is 0.262 e. The number of hydrogen-bond acceptors (Lipinski definition) is 4. The first-order valence-corrected chi connectivity index (χ1v) is 8.69. The number of nitrogens with zero attached hydrogens (tertiary/aromatic N) is 4. The van der Waals surface area contributed by atoms with E-state index in [4.69, 9.17) is 0 Å². The Labute approximate surface area is 147 Å². The Morgan fingerprint density at radius 2 is 1.68 bits per heavy atom. The maximum atomic E-state index is 12.6. The van der Waals surface area contributed by atoms with E-state index >= 15 is 0 Å². The van der Waals surface area contributed by atoms with Gasteiger partial charge in [0.25, 0.3) is 5.56 Å². The van der Waals surface area contributed by atoms with Gasteiger partial charge in [0.15, 0.2) is 0 Å². The number of rotatable bonds is 3. The van der Waals surface area contributed by atoms with Gasteiger partial charge in [0, 0.05) is 31.9 Å². The lowest BCUT2D eigenvalue weighted by molar-refractivity contribution is 0.202. The molecule has 128 valence electrons. The quantitative estimate of drug-likeness (QED) is 0.738. The summed E-state index contributed by atoms with van der Waals surface area (Å²) in [5.41, 5.74) is 3.41. The zero-order valence-electron chi connectivity index (χ0n) is 14.4. The van der Waals surface area contributed by atoms with Crippen molar-refractivity contribution < 1.29 is 0 Å². The lowest BCUT2D eigenvalue weighted by atomic mass is 10.1. The zero-order valence-corrected chi connectivity index (χ0v) is 14.4. The number of piperazine rings is 1. The zero-order chi connectivity index (χ0) is 17.2. The van der Waals surface area contributed by atoms with Crippen LogP contribution in [0, 0.1) is 6.92 Å². The number of para-hydroxylation sites is 2. The summed E-state index contributed by atoms with van der Waals surface area (Å²) in [6.45, 7) is 6.57. The summed E-state index contributed by atoms with van der Waals surface area (Å²) >= 11 is 0. The Balaban J connectivity index is 1.46. The molecule has 0 N–H and O–H groups in total. The van der Waals surface area contributed by atoms with Crippen molar-refractivity contribution in [2.24, 2.45) is 0 Å². The van der Waals surface area contributed by atoms with Gasteiger partial charge in [-0.3, -0.25) is 14.3 Å². The molecule has 25 heavy (non-hydrogen) atoms. The Hall–Kier alpha value is -2.66. The van der Waals surface area contributed by atoms with Gasteiger partial charge >= 0.3 is 0 Å². The summed E-state index contributed by atoms with van der Waals surface area (Å²) in [7, 11) is 0. The molecule has 0 spiro atoms. The van der Waals surface area contributed by atoms with Crippen LogP contribution in [0.3, 0.4) is 0 Å². The van der Waals surface area contributed by atoms with E-state index < -0.39 is 0 Å². The molecule has 1 aliphatic heterocycles. The molecule has 0 radical (unpaired) electrons. The van der Waals surface area contributed by atoms with Crippen LogP contribution in [0.4, 0.5) is 5.69 Å². The fraction of sp³-hybridized carbons (Fsp3) is 0.300. The van der Waals surface area contributed by atoms with Crippen molar-refractivity contribution >= 4 is 16.6 Å². The summed E-state index contributed by atoms with van der Waals surface area (Å²) in [6.07, 6.45) is 1.67. The van der Waals surface area contributed by atoms with Crippen molar-refractivity contribution in [2.45, 2.75) is 13.6 Å². The van der Waals surface area contributed by atoms with E-state index in [-0.39, 0.29) is 5.56 Å². The van der Waals surface area contributed by atoms with Gasteiger partial charge in [-0.1, -0.05) is 30.3 Å². The molecule has 0 atom stereocenters. The van der Waals surface area contributed by atoms with E-state index in [0.717, 1.165) is 31.7 Å². The number of fused-ring (bicyclic) bond motifs is 1. The molecule has 0 aliphatic carbocycles. The minimum atomic E-state index is 0.0342. The van der Waals surface area contributed by atoms with E-state index in [1.165, 1.54) is 11.3 Å². The summed E-state index contributed by atoms with van der Waals surface area (Å²) < 4.78 is 1.71. The summed E-state index contributed by atoms with van der Waals surface area (Å²) in [4.78, 5) is 21.8. The molecule has 0 bridgehead atoms. The van der Waals surface area contributed by atoms with Crippen LogP contribution >= 0.6 is 0 Å². The summed E-state index contributed by atoms with van der Waals surface area (Å²) in [6, 6.07) is 16.0. The molecule has 0 unspecified atom stereocenters. The van der Waals surface area contributed by atoms with E-state index in [1.807, 2.05) is 24.3 Å². The minimum absolute atomic E-state index is 0.0342. The molecule has 3 aromatic rings. The van der Waals surface area contributed by atoms with E-state index in [9.17, 15) is 4.79 Å². The lowest BCUT2D eigenvalue weighted by Crippen LogP contribution is -2.48. The molecule has 5 heteroatoms. The van der Waals surface area contributed by atoms with E-state index in [1.54, 1.807) is 10.9 Å². The topological polar surface area (TPSA) is 41.4 Å². The van der Waals surface area contributed by atoms with E-state index in [0.29, 0.717) is 12.1 Å². The Bertz CT molecular complexity index is 942. The van der Waals surface area contributed by atoms with Crippen LogP contribution in [-0.4, -0.2) is 40.6 Å². The van der Waals surface area contributed by atoms with Crippen LogP contribution in [0.2, 0.25) is 0 Å². The molecular formula is C20H22N4O. The number of hydrogen-bond donors (Lipinski definition) is 0. The molecule has 4 rings (SSSR count). The molecule has 2 heterocycles. The van der Waals surface area contributed by atoms with Crippen molar-refractivity contribution in [3.63, 3.8) is 0 Å². The molecule has 1 fully saturated rings. The predicted octanol–water partition coefficient (Wildman–Crippen LogP) is 2.48. The Kier molecular flexibility index (Phi) is 4.24. The summed E-state index contributed by atoms with van der Waals surface area (Å²) in [5, 5.41) is 0.684. The highest BCUT2D eigenvalue weighted by Gasteiger charge is 2.18. The molecule has 5 nitrogen and oxygen atoms in total. The van der Waals surface area contributed by atoms with Crippen molar-refractivity contribution in [1.29, 1.82) is 0 Å². The van der Waals surface area contributed by atoms with Gasteiger partial charge in [0.1, 0.15) is 0 Å². The highest BCUT2D eigenvalue weighted by Crippen LogP contribution is 2.20. The SMILES string of the molecule is Cc1ccccc1N1CCN(Cn2cnc3ccccc3c2=O)CC1. The van der Waals surface area contributed by atoms with Crippen LogP contribution in [-0.2, 0) is 6.67 Å². The fourth-order valence-corrected chi connectivity index (χ4v) is 3.47. The van der Waals surface area contributed by atoms with Crippen LogP contribution in [0.1, 0.15) is 5.56 Å². The molecule has 0 amide bonds. The monoisotopic (exact) mass is 334 g/mol. The molecule has 1 saturated heterocycles. The van der Waals surface area contributed by atoms with Gasteiger partial charge in [-0.2, -0.15) is 0 Å². The van der Waals surface area contributed by atoms with E-state index in [2.05, 4.69) is 46.0 Å². The van der Waals surface area contributed by atoms with Crippen LogP contribution in [0.15, 0.2) is 59.7 Å². The largest absolute Gasteiger partial charge is 0.369 e. The van der Waals surface area contributed by atoms with Gasteiger partial charge in [0.05, 0.1) is 23.9 Å². The van der Waals surface area contributed by atoms with Crippen molar-refractivity contribution in [3.05, 3.63) is 70.8 Å². The van der Waals surface area contributed by atoms with Gasteiger partial charge in [-0.15, -0.1) is 0 Å². The van der Waals surface area contributed by atoms with Gasteiger partial charge in [-0.25, -0.2) is 4.98 Å². The average Bonchev–Trinajstić information content (AvgIpc) is 2.65. The standard InChI is InChI=1S/C20H22N4O/c1-16-6-2-5-9-19(16)23-12-10-22(11-13-23)15-24-14-21-18-8-4-3-7-17(18)20(24)25/h2-9,14H,10-13,15H2,1H3. The lowest BCUT2D eigenvalue weighted by Gasteiger charge is -2.36. The maximum absolute atomic E-state index is 12.6. The Morgan fingerprint density at radius 3 is 2.48 bits per heavy atom. The second-order valence-electron chi connectivity index (χ2n) is 6.57. The highest BCUT2D eigenvalue weighted by atomic mass is 16.1. The van der Waals surface area contributed by atoms with Gasteiger partial charge in [0.2, 0.25) is 0 Å². The summed E-state index contributed by atoms with van der Waals surface area (Å²) in [5.74, 6) is 0. The van der Waals surface area contributed by atoms with Crippen LogP contribution in [0.5, 0.6) is 0 Å². The van der Waals surface area contributed by atoms with Gasteiger partial charge in [-0.05, 0) is 30.7 Å². The number of aromatic nitrogens is 2. The Morgan fingerprint density at radius 1 is 0.960 bits per heavy atom.